The summed E-state index contributed by atoms with van der Waals surface area (Å²) in [5.41, 5.74) is 4.43. The molecule has 5 rings (SSSR count). The standard InChI is InChI=1S/C26H26N4O4/c1-15-9-10-19-17(12-15)13-21(28-19)24(31)27-14-22-16(2)34-26(30-22)18-6-3-4-7-20(18)29-25(32)23-8-5-11-33-23/h3-4,6-7,9-10,12-13,23,28H,5,8,11,14H2,1-2H3,(H,27,31)(H,29,32). The maximum Gasteiger partial charge on any atom is 0.268 e. The molecule has 3 heterocycles. The number of fused-ring (bicyclic) bond motifs is 1. The highest BCUT2D eigenvalue weighted by Crippen LogP contribution is 2.29. The Hall–Kier alpha value is -3.91. The highest BCUT2D eigenvalue weighted by Gasteiger charge is 2.25. The fourth-order valence-electron chi connectivity index (χ4n) is 4.12. The SMILES string of the molecule is Cc1ccc2[nH]c(C(=O)NCc3nc(-c4ccccc4NC(=O)C4CCCO4)oc3C)cc2c1. The Morgan fingerprint density at radius 3 is 2.82 bits per heavy atom. The van der Waals surface area contributed by atoms with Crippen LogP contribution < -0.4 is 10.6 Å². The molecule has 3 N–H and O–H groups in total. The molecule has 34 heavy (non-hydrogen) atoms. The summed E-state index contributed by atoms with van der Waals surface area (Å²) in [7, 11) is 0. The molecular formula is C26H26N4O4. The third-order valence-electron chi connectivity index (χ3n) is 5.97. The maximum absolute atomic E-state index is 12.7. The van der Waals surface area contributed by atoms with Crippen molar-refractivity contribution in [3.05, 3.63) is 71.2 Å². The number of carbonyl (C=O) groups is 2. The van der Waals surface area contributed by atoms with Gasteiger partial charge in [0.2, 0.25) is 5.89 Å². The van der Waals surface area contributed by atoms with E-state index >= 15 is 0 Å². The quantitative estimate of drug-likeness (QED) is 0.395. The molecule has 174 valence electrons. The first-order valence-corrected chi connectivity index (χ1v) is 11.3. The summed E-state index contributed by atoms with van der Waals surface area (Å²) in [5, 5.41) is 6.82. The second-order valence-corrected chi connectivity index (χ2v) is 8.51. The predicted octanol–water partition coefficient (Wildman–Crippen LogP) is 4.49. The van der Waals surface area contributed by atoms with E-state index < -0.39 is 6.10 Å². The van der Waals surface area contributed by atoms with E-state index in [0.29, 0.717) is 47.3 Å². The number of H-pyrrole nitrogens is 1. The van der Waals surface area contributed by atoms with Crippen LogP contribution in [0.5, 0.6) is 0 Å². The second-order valence-electron chi connectivity index (χ2n) is 8.51. The van der Waals surface area contributed by atoms with Gasteiger partial charge in [0, 0.05) is 17.5 Å². The fraction of sp³-hybridized carbons (Fsp3) is 0.269. The summed E-state index contributed by atoms with van der Waals surface area (Å²) < 4.78 is 11.4. The number of oxazole rings is 1. The number of hydrogen-bond acceptors (Lipinski definition) is 5. The van der Waals surface area contributed by atoms with Crippen LogP contribution in [0.2, 0.25) is 0 Å². The molecule has 1 aliphatic rings. The van der Waals surface area contributed by atoms with Gasteiger partial charge in [-0.15, -0.1) is 0 Å². The number of para-hydroxylation sites is 1. The summed E-state index contributed by atoms with van der Waals surface area (Å²) in [6, 6.07) is 15.2. The molecule has 1 unspecified atom stereocenters. The largest absolute Gasteiger partial charge is 0.441 e. The molecule has 1 atom stereocenters. The van der Waals surface area contributed by atoms with Crippen LogP contribution in [0.4, 0.5) is 5.69 Å². The molecule has 0 aliphatic carbocycles. The van der Waals surface area contributed by atoms with E-state index in [1.54, 1.807) is 13.0 Å². The minimum absolute atomic E-state index is 0.172. The zero-order chi connectivity index (χ0) is 23.7. The lowest BCUT2D eigenvalue weighted by Gasteiger charge is -2.12. The number of amides is 2. The highest BCUT2D eigenvalue weighted by molar-refractivity contribution is 5.98. The monoisotopic (exact) mass is 458 g/mol. The van der Waals surface area contributed by atoms with Gasteiger partial charge < -0.3 is 24.8 Å². The highest BCUT2D eigenvalue weighted by atomic mass is 16.5. The van der Waals surface area contributed by atoms with E-state index in [2.05, 4.69) is 20.6 Å². The Balaban J connectivity index is 1.30. The van der Waals surface area contributed by atoms with Crippen LogP contribution in [0.1, 0.15) is 40.3 Å². The normalized spacial score (nSPS) is 15.5. The van der Waals surface area contributed by atoms with Crippen molar-refractivity contribution in [1.82, 2.24) is 15.3 Å². The van der Waals surface area contributed by atoms with Gasteiger partial charge in [0.1, 0.15) is 23.3 Å². The van der Waals surface area contributed by atoms with E-state index in [9.17, 15) is 9.59 Å². The van der Waals surface area contributed by atoms with Crippen molar-refractivity contribution >= 4 is 28.4 Å². The average molecular weight is 459 g/mol. The molecule has 1 aliphatic heterocycles. The summed E-state index contributed by atoms with van der Waals surface area (Å²) in [4.78, 5) is 33.0. The number of aryl methyl sites for hydroxylation is 2. The van der Waals surface area contributed by atoms with E-state index in [1.807, 2.05) is 49.4 Å². The minimum atomic E-state index is -0.432. The molecule has 2 aromatic carbocycles. The third kappa shape index (κ3) is 4.45. The molecule has 0 saturated carbocycles. The first kappa shape index (κ1) is 21.9. The van der Waals surface area contributed by atoms with Crippen LogP contribution in [-0.2, 0) is 16.1 Å². The summed E-state index contributed by atoms with van der Waals surface area (Å²) >= 11 is 0. The van der Waals surface area contributed by atoms with E-state index in [-0.39, 0.29) is 18.4 Å². The fourth-order valence-corrected chi connectivity index (χ4v) is 4.12. The minimum Gasteiger partial charge on any atom is -0.441 e. The first-order chi connectivity index (χ1) is 16.5. The number of benzene rings is 2. The van der Waals surface area contributed by atoms with Crippen molar-refractivity contribution in [2.45, 2.75) is 39.3 Å². The lowest BCUT2D eigenvalue weighted by molar-refractivity contribution is -0.124. The zero-order valence-corrected chi connectivity index (χ0v) is 19.1. The Kier molecular flexibility index (Phi) is 5.90. The number of nitrogens with zero attached hydrogens (tertiary/aromatic N) is 1. The zero-order valence-electron chi connectivity index (χ0n) is 19.1. The van der Waals surface area contributed by atoms with Crippen LogP contribution in [0.15, 0.2) is 52.9 Å². The van der Waals surface area contributed by atoms with E-state index in [4.69, 9.17) is 9.15 Å². The molecule has 2 amide bonds. The first-order valence-electron chi connectivity index (χ1n) is 11.3. The molecule has 0 radical (unpaired) electrons. The smallest absolute Gasteiger partial charge is 0.268 e. The van der Waals surface area contributed by atoms with Gasteiger partial charge in [-0.3, -0.25) is 9.59 Å². The second kappa shape index (κ2) is 9.15. The van der Waals surface area contributed by atoms with Crippen LogP contribution in [0.25, 0.3) is 22.4 Å². The average Bonchev–Trinajstić information content (AvgIpc) is 3.57. The van der Waals surface area contributed by atoms with Crippen molar-refractivity contribution in [1.29, 1.82) is 0 Å². The van der Waals surface area contributed by atoms with Crippen molar-refractivity contribution < 1.29 is 18.7 Å². The molecule has 2 aromatic heterocycles. The van der Waals surface area contributed by atoms with Crippen molar-refractivity contribution in [2.75, 3.05) is 11.9 Å². The van der Waals surface area contributed by atoms with Crippen molar-refractivity contribution in [3.63, 3.8) is 0 Å². The van der Waals surface area contributed by atoms with Crippen LogP contribution in [0.3, 0.4) is 0 Å². The lowest BCUT2D eigenvalue weighted by atomic mass is 10.1. The van der Waals surface area contributed by atoms with Crippen molar-refractivity contribution in [2.24, 2.45) is 0 Å². The molecule has 4 aromatic rings. The summed E-state index contributed by atoms with van der Waals surface area (Å²) in [6.07, 6.45) is 1.16. The van der Waals surface area contributed by atoms with Crippen LogP contribution in [0, 0.1) is 13.8 Å². The van der Waals surface area contributed by atoms with Gasteiger partial charge >= 0.3 is 0 Å². The van der Waals surface area contributed by atoms with Gasteiger partial charge in [-0.25, -0.2) is 4.98 Å². The lowest BCUT2D eigenvalue weighted by Crippen LogP contribution is -2.27. The van der Waals surface area contributed by atoms with Crippen molar-refractivity contribution in [3.8, 4) is 11.5 Å². The molecule has 1 fully saturated rings. The Bertz CT molecular complexity index is 1360. The van der Waals surface area contributed by atoms with Gasteiger partial charge in [0.15, 0.2) is 0 Å². The number of hydrogen-bond donors (Lipinski definition) is 3. The molecule has 8 nitrogen and oxygen atoms in total. The molecule has 0 bridgehead atoms. The molecule has 8 heteroatoms. The summed E-state index contributed by atoms with van der Waals surface area (Å²) in [5.74, 6) is 0.588. The van der Waals surface area contributed by atoms with Gasteiger partial charge in [-0.2, -0.15) is 0 Å². The molecule has 1 saturated heterocycles. The molecular weight excluding hydrogens is 432 g/mol. The predicted molar refractivity (Wildman–Crippen MR) is 128 cm³/mol. The Labute approximate surface area is 196 Å². The van der Waals surface area contributed by atoms with Gasteiger partial charge in [0.25, 0.3) is 11.8 Å². The third-order valence-corrected chi connectivity index (χ3v) is 5.97. The van der Waals surface area contributed by atoms with Gasteiger partial charge in [0.05, 0.1) is 17.8 Å². The summed E-state index contributed by atoms with van der Waals surface area (Å²) in [6.45, 7) is 4.64. The number of anilines is 1. The number of aromatic amines is 1. The maximum atomic E-state index is 12.7. The number of ether oxygens (including phenoxy) is 1. The van der Waals surface area contributed by atoms with Gasteiger partial charge in [-0.1, -0.05) is 23.8 Å². The van der Waals surface area contributed by atoms with E-state index in [1.165, 1.54) is 0 Å². The van der Waals surface area contributed by atoms with Gasteiger partial charge in [-0.05, 0) is 57.0 Å². The van der Waals surface area contributed by atoms with Crippen LogP contribution >= 0.6 is 0 Å². The Morgan fingerprint density at radius 2 is 2.00 bits per heavy atom. The number of aromatic nitrogens is 2. The number of carbonyl (C=O) groups excluding carboxylic acids is 2. The number of nitrogens with one attached hydrogen (secondary N) is 3. The number of rotatable bonds is 6. The Morgan fingerprint density at radius 1 is 1.15 bits per heavy atom. The van der Waals surface area contributed by atoms with Crippen LogP contribution in [-0.4, -0.2) is 34.5 Å². The topological polar surface area (TPSA) is 109 Å². The van der Waals surface area contributed by atoms with E-state index in [0.717, 1.165) is 22.9 Å². The molecule has 0 spiro atoms.